The summed E-state index contributed by atoms with van der Waals surface area (Å²) in [7, 11) is 0. The first-order valence-electron chi connectivity index (χ1n) is 6.27. The largest absolute Gasteiger partial charge is 0.480 e. The molecule has 1 atom stereocenters. The highest BCUT2D eigenvalue weighted by Crippen LogP contribution is 2.14. The molecule has 2 N–H and O–H groups in total. The van der Waals surface area contributed by atoms with Gasteiger partial charge in [0.2, 0.25) is 11.7 Å². The molecule has 0 saturated heterocycles. The van der Waals surface area contributed by atoms with Crippen LogP contribution in [0.15, 0.2) is 28.9 Å². The second kappa shape index (κ2) is 5.79. The number of aromatic nitrogens is 3. The Hall–Kier alpha value is -2.28. The summed E-state index contributed by atoms with van der Waals surface area (Å²) in [6.07, 6.45) is 2.09. The Morgan fingerprint density at radius 1 is 1.50 bits per heavy atom. The SMILES string of the molecule is CCC(C)(NCc1nc(-c2ccccn2)no1)C(=O)O. The average Bonchev–Trinajstić information content (AvgIpc) is 2.94. The average molecular weight is 276 g/mol. The van der Waals surface area contributed by atoms with Gasteiger partial charge in [-0.05, 0) is 25.5 Å². The van der Waals surface area contributed by atoms with Crippen LogP contribution in [0.2, 0.25) is 0 Å². The molecule has 0 aliphatic heterocycles. The molecule has 7 heteroatoms. The van der Waals surface area contributed by atoms with Crippen molar-refractivity contribution >= 4 is 5.97 Å². The third-order valence-corrected chi connectivity index (χ3v) is 3.17. The fourth-order valence-electron chi connectivity index (χ4n) is 1.55. The van der Waals surface area contributed by atoms with Crippen molar-refractivity contribution in [2.75, 3.05) is 0 Å². The molecule has 2 aromatic rings. The van der Waals surface area contributed by atoms with Crippen molar-refractivity contribution in [2.45, 2.75) is 32.4 Å². The van der Waals surface area contributed by atoms with E-state index >= 15 is 0 Å². The Morgan fingerprint density at radius 3 is 2.90 bits per heavy atom. The van der Waals surface area contributed by atoms with Gasteiger partial charge in [0.25, 0.3) is 0 Å². The van der Waals surface area contributed by atoms with Gasteiger partial charge in [0.15, 0.2) is 0 Å². The van der Waals surface area contributed by atoms with Crippen molar-refractivity contribution in [2.24, 2.45) is 0 Å². The number of carbonyl (C=O) groups is 1. The minimum absolute atomic E-state index is 0.191. The topological polar surface area (TPSA) is 101 Å². The second-order valence-corrected chi connectivity index (χ2v) is 4.57. The highest BCUT2D eigenvalue weighted by molar-refractivity contribution is 5.78. The molecule has 106 valence electrons. The number of aliphatic carboxylic acids is 1. The predicted octanol–water partition coefficient (Wildman–Crippen LogP) is 1.47. The summed E-state index contributed by atoms with van der Waals surface area (Å²) in [4.78, 5) is 19.5. The number of pyridine rings is 1. The molecule has 0 saturated carbocycles. The van der Waals surface area contributed by atoms with Gasteiger partial charge in [-0.25, -0.2) is 0 Å². The number of hydrogen-bond donors (Lipinski definition) is 2. The minimum atomic E-state index is -1.01. The van der Waals surface area contributed by atoms with E-state index in [2.05, 4.69) is 20.4 Å². The van der Waals surface area contributed by atoms with E-state index in [9.17, 15) is 4.79 Å². The molecule has 0 amide bonds. The first-order valence-corrected chi connectivity index (χ1v) is 6.27. The molecular weight excluding hydrogens is 260 g/mol. The maximum atomic E-state index is 11.2. The zero-order valence-corrected chi connectivity index (χ0v) is 11.3. The van der Waals surface area contributed by atoms with Crippen LogP contribution in [0.25, 0.3) is 11.5 Å². The number of hydrogen-bond acceptors (Lipinski definition) is 6. The number of nitrogens with one attached hydrogen (secondary N) is 1. The van der Waals surface area contributed by atoms with Crippen molar-refractivity contribution in [3.05, 3.63) is 30.3 Å². The molecule has 2 heterocycles. The summed E-state index contributed by atoms with van der Waals surface area (Å²) in [5, 5.41) is 15.9. The summed E-state index contributed by atoms with van der Waals surface area (Å²) in [5.74, 6) is -0.202. The zero-order valence-electron chi connectivity index (χ0n) is 11.3. The first-order chi connectivity index (χ1) is 9.55. The Morgan fingerprint density at radius 2 is 2.30 bits per heavy atom. The van der Waals surface area contributed by atoms with E-state index in [0.29, 0.717) is 23.8 Å². The molecule has 20 heavy (non-hydrogen) atoms. The number of carboxylic acid groups (broad SMARTS) is 1. The van der Waals surface area contributed by atoms with Gasteiger partial charge in [0, 0.05) is 6.20 Å². The normalized spacial score (nSPS) is 13.9. The van der Waals surface area contributed by atoms with E-state index in [0.717, 1.165) is 0 Å². The minimum Gasteiger partial charge on any atom is -0.480 e. The Kier molecular flexibility index (Phi) is 4.09. The molecule has 0 aromatic carbocycles. The lowest BCUT2D eigenvalue weighted by atomic mass is 9.99. The van der Waals surface area contributed by atoms with Crippen molar-refractivity contribution in [3.8, 4) is 11.5 Å². The van der Waals surface area contributed by atoms with E-state index < -0.39 is 11.5 Å². The van der Waals surface area contributed by atoms with Crippen molar-refractivity contribution in [3.63, 3.8) is 0 Å². The third kappa shape index (κ3) is 3.00. The van der Waals surface area contributed by atoms with E-state index in [-0.39, 0.29) is 6.54 Å². The van der Waals surface area contributed by atoms with E-state index in [1.165, 1.54) is 0 Å². The summed E-state index contributed by atoms with van der Waals surface area (Å²) in [5.41, 5.74) is -0.404. The molecule has 2 aromatic heterocycles. The number of rotatable bonds is 6. The summed E-state index contributed by atoms with van der Waals surface area (Å²) in [6.45, 7) is 3.61. The van der Waals surface area contributed by atoms with Crippen LogP contribution in [0, 0.1) is 0 Å². The lowest BCUT2D eigenvalue weighted by molar-refractivity contribution is -0.144. The fraction of sp³-hybridized carbons (Fsp3) is 0.385. The highest BCUT2D eigenvalue weighted by Gasteiger charge is 2.30. The molecule has 0 spiro atoms. The van der Waals surface area contributed by atoms with Crippen LogP contribution in [0.5, 0.6) is 0 Å². The molecule has 0 aliphatic rings. The van der Waals surface area contributed by atoms with Gasteiger partial charge in [0.1, 0.15) is 11.2 Å². The first kappa shape index (κ1) is 14.1. The summed E-state index contributed by atoms with van der Waals surface area (Å²) in [6, 6.07) is 5.40. The fourth-order valence-corrected chi connectivity index (χ4v) is 1.55. The van der Waals surface area contributed by atoms with E-state index in [1.54, 1.807) is 32.2 Å². The van der Waals surface area contributed by atoms with Crippen molar-refractivity contribution in [1.29, 1.82) is 0 Å². The van der Waals surface area contributed by atoms with Gasteiger partial charge >= 0.3 is 5.97 Å². The van der Waals surface area contributed by atoms with Crippen LogP contribution in [0.1, 0.15) is 26.2 Å². The van der Waals surface area contributed by atoms with Gasteiger partial charge < -0.3 is 9.63 Å². The van der Waals surface area contributed by atoms with Crippen molar-refractivity contribution < 1.29 is 14.4 Å². The smallest absolute Gasteiger partial charge is 0.323 e. The summed E-state index contributed by atoms with van der Waals surface area (Å²) < 4.78 is 5.08. The molecular formula is C13H16N4O3. The maximum Gasteiger partial charge on any atom is 0.323 e. The predicted molar refractivity (Wildman–Crippen MR) is 70.7 cm³/mol. The van der Waals surface area contributed by atoms with Crippen molar-refractivity contribution in [1.82, 2.24) is 20.4 Å². The van der Waals surface area contributed by atoms with Crippen LogP contribution in [-0.2, 0) is 11.3 Å². The highest BCUT2D eigenvalue weighted by atomic mass is 16.5. The van der Waals surface area contributed by atoms with Gasteiger partial charge in [0.05, 0.1) is 6.54 Å². The number of nitrogens with zero attached hydrogens (tertiary/aromatic N) is 3. The monoisotopic (exact) mass is 276 g/mol. The molecule has 0 aliphatic carbocycles. The zero-order chi connectivity index (χ0) is 14.6. The molecule has 0 radical (unpaired) electrons. The van der Waals surface area contributed by atoms with Gasteiger partial charge in [-0.15, -0.1) is 0 Å². The lowest BCUT2D eigenvalue weighted by Crippen LogP contribution is -2.48. The molecule has 7 nitrogen and oxygen atoms in total. The third-order valence-electron chi connectivity index (χ3n) is 3.17. The van der Waals surface area contributed by atoms with Gasteiger partial charge in [-0.3, -0.25) is 15.1 Å². The Bertz CT molecular complexity index is 584. The second-order valence-electron chi connectivity index (χ2n) is 4.57. The quantitative estimate of drug-likeness (QED) is 0.823. The van der Waals surface area contributed by atoms with Gasteiger partial charge in [-0.1, -0.05) is 18.1 Å². The van der Waals surface area contributed by atoms with Crippen LogP contribution in [0.4, 0.5) is 0 Å². The van der Waals surface area contributed by atoms with Crippen LogP contribution in [-0.4, -0.2) is 31.7 Å². The molecule has 1 unspecified atom stereocenters. The van der Waals surface area contributed by atoms with Crippen LogP contribution >= 0.6 is 0 Å². The van der Waals surface area contributed by atoms with Crippen LogP contribution < -0.4 is 5.32 Å². The lowest BCUT2D eigenvalue weighted by Gasteiger charge is -2.23. The van der Waals surface area contributed by atoms with E-state index in [4.69, 9.17) is 9.63 Å². The Labute approximate surface area is 116 Å². The Balaban J connectivity index is 2.06. The van der Waals surface area contributed by atoms with Crippen LogP contribution in [0.3, 0.4) is 0 Å². The standard InChI is InChI=1S/C13H16N4O3/c1-3-13(2,12(18)19)15-8-10-16-11(17-20-10)9-6-4-5-7-14-9/h4-7,15H,3,8H2,1-2H3,(H,18,19). The number of carboxylic acids is 1. The molecule has 0 bridgehead atoms. The molecule has 0 fully saturated rings. The van der Waals surface area contributed by atoms with Gasteiger partial charge in [-0.2, -0.15) is 4.98 Å². The van der Waals surface area contributed by atoms with E-state index in [1.807, 2.05) is 6.07 Å². The molecule has 2 rings (SSSR count). The maximum absolute atomic E-state index is 11.2. The summed E-state index contributed by atoms with van der Waals surface area (Å²) >= 11 is 0.